The number of hydrogen-bond donors (Lipinski definition) is 0. The molecule has 2 heterocycles. The first-order valence-corrected chi connectivity index (χ1v) is 8.53. The summed E-state index contributed by atoms with van der Waals surface area (Å²) in [6.45, 7) is 5.72. The number of carbonyl (C=O) groups excluding carboxylic acids is 2. The third kappa shape index (κ3) is 4.53. The van der Waals surface area contributed by atoms with Gasteiger partial charge >= 0.3 is 5.97 Å². The minimum absolute atomic E-state index is 0.136. The highest BCUT2D eigenvalue weighted by molar-refractivity contribution is 5.89. The number of amides is 1. The molecule has 0 spiro atoms. The Bertz CT molecular complexity index is 674. The number of carbonyl (C=O) groups is 2. The van der Waals surface area contributed by atoms with Crippen LogP contribution in [-0.2, 0) is 14.3 Å². The molecule has 1 saturated heterocycles. The zero-order chi connectivity index (χ0) is 17.8. The normalized spacial score (nSPS) is 22.2. The predicted molar refractivity (Wildman–Crippen MR) is 92.1 cm³/mol. The van der Waals surface area contributed by atoms with Crippen molar-refractivity contribution in [2.45, 2.75) is 20.3 Å². The molecule has 0 unspecified atom stereocenters. The highest BCUT2D eigenvalue weighted by Crippen LogP contribution is 2.32. The monoisotopic (exact) mass is 345 g/mol. The van der Waals surface area contributed by atoms with Crippen molar-refractivity contribution in [3.05, 3.63) is 29.8 Å². The number of esters is 1. The minimum Gasteiger partial charge on any atom is -0.454 e. The van der Waals surface area contributed by atoms with E-state index in [1.165, 1.54) is 6.08 Å². The van der Waals surface area contributed by atoms with Crippen molar-refractivity contribution in [3.8, 4) is 11.5 Å². The summed E-state index contributed by atoms with van der Waals surface area (Å²) in [5.41, 5.74) is 0.797. The number of piperidine rings is 1. The summed E-state index contributed by atoms with van der Waals surface area (Å²) < 4.78 is 15.6. The average molecular weight is 345 g/mol. The number of benzene rings is 1. The van der Waals surface area contributed by atoms with Crippen LogP contribution in [0.25, 0.3) is 6.08 Å². The van der Waals surface area contributed by atoms with Crippen LogP contribution in [0.2, 0.25) is 0 Å². The number of nitrogens with zero attached hydrogens (tertiary/aromatic N) is 1. The van der Waals surface area contributed by atoms with E-state index in [-0.39, 0.29) is 19.3 Å². The Morgan fingerprint density at radius 3 is 2.68 bits per heavy atom. The van der Waals surface area contributed by atoms with Gasteiger partial charge in [-0.15, -0.1) is 0 Å². The molecule has 0 bridgehead atoms. The molecular formula is C19H23NO5. The van der Waals surface area contributed by atoms with E-state index < -0.39 is 5.97 Å². The van der Waals surface area contributed by atoms with Crippen LogP contribution in [0, 0.1) is 11.8 Å². The topological polar surface area (TPSA) is 65.1 Å². The van der Waals surface area contributed by atoms with Gasteiger partial charge in [-0.2, -0.15) is 0 Å². The number of likely N-dealkylation sites (tertiary alicyclic amines) is 1. The molecule has 1 amide bonds. The van der Waals surface area contributed by atoms with Gasteiger partial charge in [0.05, 0.1) is 0 Å². The van der Waals surface area contributed by atoms with Gasteiger partial charge in [0.1, 0.15) is 0 Å². The van der Waals surface area contributed by atoms with Crippen LogP contribution in [-0.4, -0.2) is 43.3 Å². The Morgan fingerprint density at radius 2 is 1.92 bits per heavy atom. The molecule has 6 nitrogen and oxygen atoms in total. The molecule has 1 aromatic carbocycles. The van der Waals surface area contributed by atoms with Gasteiger partial charge in [-0.05, 0) is 42.0 Å². The molecule has 2 aliphatic rings. The lowest BCUT2D eigenvalue weighted by molar-refractivity contribution is -0.149. The van der Waals surface area contributed by atoms with E-state index in [1.807, 2.05) is 6.07 Å². The highest BCUT2D eigenvalue weighted by Gasteiger charge is 2.25. The SMILES string of the molecule is C[C@@H]1C[C@@H](C)CN(C(=O)COC(=O)/C=C/c2ccc3c(c2)OCO3)C1. The van der Waals surface area contributed by atoms with Gasteiger partial charge in [0.2, 0.25) is 6.79 Å². The van der Waals surface area contributed by atoms with Gasteiger partial charge in [-0.25, -0.2) is 4.79 Å². The number of hydrogen-bond acceptors (Lipinski definition) is 5. The predicted octanol–water partition coefficient (Wildman–Crippen LogP) is 2.48. The minimum atomic E-state index is -0.538. The van der Waals surface area contributed by atoms with Crippen molar-refractivity contribution < 1.29 is 23.8 Å². The summed E-state index contributed by atoms with van der Waals surface area (Å²) in [5, 5.41) is 0. The maximum absolute atomic E-state index is 12.2. The first-order valence-electron chi connectivity index (χ1n) is 8.53. The van der Waals surface area contributed by atoms with E-state index >= 15 is 0 Å². The Kier molecular flexibility index (Phi) is 5.26. The standard InChI is InChI=1S/C19H23NO5/c1-13-7-14(2)10-20(9-13)18(21)11-23-19(22)6-4-15-3-5-16-17(8-15)25-12-24-16/h3-6,8,13-14H,7,9-12H2,1-2H3/b6-4+/t13-,14-/m1/s1. The van der Waals surface area contributed by atoms with Crippen molar-refractivity contribution in [2.75, 3.05) is 26.5 Å². The number of ether oxygens (including phenoxy) is 3. The van der Waals surface area contributed by atoms with Gasteiger partial charge in [0.25, 0.3) is 5.91 Å². The van der Waals surface area contributed by atoms with Crippen LogP contribution in [0.3, 0.4) is 0 Å². The lowest BCUT2D eigenvalue weighted by Crippen LogP contribution is -2.44. The van der Waals surface area contributed by atoms with E-state index in [1.54, 1.807) is 23.1 Å². The highest BCUT2D eigenvalue weighted by atomic mass is 16.7. The van der Waals surface area contributed by atoms with E-state index in [4.69, 9.17) is 14.2 Å². The summed E-state index contributed by atoms with van der Waals surface area (Å²) in [6, 6.07) is 5.39. The smallest absolute Gasteiger partial charge is 0.331 e. The molecule has 0 saturated carbocycles. The molecule has 0 N–H and O–H groups in total. The Hall–Kier alpha value is -2.50. The molecule has 6 heteroatoms. The average Bonchev–Trinajstić information content (AvgIpc) is 3.04. The van der Waals surface area contributed by atoms with E-state index in [9.17, 15) is 9.59 Å². The van der Waals surface area contributed by atoms with Crippen molar-refractivity contribution in [3.63, 3.8) is 0 Å². The van der Waals surface area contributed by atoms with Crippen LogP contribution in [0.1, 0.15) is 25.8 Å². The van der Waals surface area contributed by atoms with Gasteiger partial charge in [-0.1, -0.05) is 19.9 Å². The van der Waals surface area contributed by atoms with Gasteiger partial charge in [0.15, 0.2) is 18.1 Å². The fourth-order valence-corrected chi connectivity index (χ4v) is 3.32. The Labute approximate surface area is 147 Å². The Balaban J connectivity index is 1.48. The largest absolute Gasteiger partial charge is 0.454 e. The summed E-state index contributed by atoms with van der Waals surface area (Å²) in [5.74, 6) is 1.63. The molecule has 0 aliphatic carbocycles. The molecule has 0 radical (unpaired) electrons. The third-order valence-corrected chi connectivity index (χ3v) is 4.37. The van der Waals surface area contributed by atoms with Crippen molar-refractivity contribution in [1.29, 1.82) is 0 Å². The van der Waals surface area contributed by atoms with Gasteiger partial charge in [-0.3, -0.25) is 4.79 Å². The van der Waals surface area contributed by atoms with Gasteiger partial charge < -0.3 is 19.1 Å². The van der Waals surface area contributed by atoms with E-state index in [0.717, 1.165) is 25.1 Å². The molecule has 25 heavy (non-hydrogen) atoms. The van der Waals surface area contributed by atoms with Crippen molar-refractivity contribution in [2.24, 2.45) is 11.8 Å². The van der Waals surface area contributed by atoms with E-state index in [2.05, 4.69) is 13.8 Å². The third-order valence-electron chi connectivity index (χ3n) is 4.37. The fourth-order valence-electron chi connectivity index (χ4n) is 3.32. The summed E-state index contributed by atoms with van der Waals surface area (Å²) in [4.78, 5) is 25.8. The lowest BCUT2D eigenvalue weighted by atomic mass is 9.92. The first-order chi connectivity index (χ1) is 12.0. The molecule has 0 aromatic heterocycles. The van der Waals surface area contributed by atoms with Crippen LogP contribution < -0.4 is 9.47 Å². The van der Waals surface area contributed by atoms with Crippen LogP contribution >= 0.6 is 0 Å². The molecular weight excluding hydrogens is 322 g/mol. The zero-order valence-electron chi connectivity index (χ0n) is 14.6. The van der Waals surface area contributed by atoms with Crippen LogP contribution in [0.4, 0.5) is 0 Å². The van der Waals surface area contributed by atoms with Crippen molar-refractivity contribution >= 4 is 18.0 Å². The Morgan fingerprint density at radius 1 is 1.20 bits per heavy atom. The fraction of sp³-hybridized carbons (Fsp3) is 0.474. The first kappa shape index (κ1) is 17.3. The second kappa shape index (κ2) is 7.59. The zero-order valence-corrected chi connectivity index (χ0v) is 14.6. The second-order valence-electron chi connectivity index (χ2n) is 6.80. The van der Waals surface area contributed by atoms with Crippen molar-refractivity contribution in [1.82, 2.24) is 4.90 Å². The summed E-state index contributed by atoms with van der Waals surface area (Å²) in [6.07, 6.45) is 4.06. The summed E-state index contributed by atoms with van der Waals surface area (Å²) in [7, 11) is 0. The lowest BCUT2D eigenvalue weighted by Gasteiger charge is -2.34. The quantitative estimate of drug-likeness (QED) is 0.620. The van der Waals surface area contributed by atoms with Gasteiger partial charge in [0, 0.05) is 19.2 Å². The van der Waals surface area contributed by atoms with E-state index in [0.29, 0.717) is 23.3 Å². The molecule has 2 atom stereocenters. The summed E-state index contributed by atoms with van der Waals surface area (Å²) >= 11 is 0. The maximum atomic E-state index is 12.2. The molecule has 2 aliphatic heterocycles. The molecule has 134 valence electrons. The molecule has 3 rings (SSSR count). The molecule has 1 aromatic rings. The number of rotatable bonds is 4. The number of fused-ring (bicyclic) bond motifs is 1. The maximum Gasteiger partial charge on any atom is 0.331 e. The second-order valence-corrected chi connectivity index (χ2v) is 6.80. The van der Waals surface area contributed by atoms with Crippen LogP contribution in [0.5, 0.6) is 11.5 Å². The van der Waals surface area contributed by atoms with Crippen LogP contribution in [0.15, 0.2) is 24.3 Å². The molecule has 1 fully saturated rings.